The summed E-state index contributed by atoms with van der Waals surface area (Å²) in [6.07, 6.45) is 4.94. The summed E-state index contributed by atoms with van der Waals surface area (Å²) in [6.45, 7) is 0.551. The Bertz CT molecular complexity index is 717. The maximum atomic E-state index is 14.0. The van der Waals surface area contributed by atoms with E-state index < -0.39 is 18.6 Å². The molecule has 0 heterocycles. The van der Waals surface area contributed by atoms with Gasteiger partial charge in [0.2, 0.25) is 18.6 Å². The van der Waals surface area contributed by atoms with Crippen LogP contribution in [-0.2, 0) is 0 Å². The Morgan fingerprint density at radius 1 is 0.889 bits per heavy atom. The second kappa shape index (κ2) is 10.2. The van der Waals surface area contributed by atoms with Gasteiger partial charge in [0.1, 0.15) is 5.75 Å². The molecule has 2 aromatic rings. The monoisotopic (exact) mass is 386 g/mol. The molecule has 0 unspecified atom stereocenters. The quantitative estimate of drug-likeness (QED) is 0.518. The number of hydrogen-bond donors (Lipinski definition) is 0. The molecule has 0 bridgehead atoms. The molecule has 0 atom stereocenters. The first-order chi connectivity index (χ1) is 13.0. The van der Waals surface area contributed by atoms with Gasteiger partial charge in [-0.1, -0.05) is 31.9 Å². The lowest BCUT2D eigenvalue weighted by molar-refractivity contribution is 0.295. The van der Waals surface area contributed by atoms with Crippen LogP contribution in [0.4, 0.5) is 17.6 Å². The summed E-state index contributed by atoms with van der Waals surface area (Å²) in [6, 6.07) is 10.4. The summed E-state index contributed by atoms with van der Waals surface area (Å²) >= 11 is 0. The molecule has 0 saturated heterocycles. The van der Waals surface area contributed by atoms with Crippen LogP contribution in [0.2, 0.25) is 0 Å². The highest BCUT2D eigenvalue weighted by molar-refractivity contribution is 5.39. The minimum atomic E-state index is -1.75. The number of ether oxygens (including phenoxy) is 2. The predicted molar refractivity (Wildman–Crippen MR) is 99.0 cm³/mol. The van der Waals surface area contributed by atoms with Crippen LogP contribution in [0.5, 0.6) is 17.2 Å². The highest BCUT2D eigenvalue weighted by Crippen LogP contribution is 2.37. The van der Waals surface area contributed by atoms with Crippen LogP contribution in [0.25, 0.3) is 0 Å². The van der Waals surface area contributed by atoms with Gasteiger partial charge in [-0.3, -0.25) is 0 Å². The summed E-state index contributed by atoms with van der Waals surface area (Å²) in [7, 11) is 1.29. The van der Waals surface area contributed by atoms with Gasteiger partial charge in [-0.05, 0) is 54.5 Å². The summed E-state index contributed by atoms with van der Waals surface area (Å²) in [5.41, 5.74) is 1.29. The molecule has 1 saturated carbocycles. The van der Waals surface area contributed by atoms with Gasteiger partial charge >= 0.3 is 0 Å². The van der Waals surface area contributed by atoms with Gasteiger partial charge in [0.25, 0.3) is 0 Å². The van der Waals surface area contributed by atoms with Crippen molar-refractivity contribution < 1.29 is 28.5 Å². The van der Waals surface area contributed by atoms with Gasteiger partial charge in [0.15, 0.2) is 11.5 Å². The van der Waals surface area contributed by atoms with Crippen LogP contribution in [0.15, 0.2) is 36.4 Å². The Balaban J connectivity index is 0.000000921. The van der Waals surface area contributed by atoms with Crippen molar-refractivity contribution in [1.29, 1.82) is 0 Å². The van der Waals surface area contributed by atoms with Gasteiger partial charge in [-0.2, -0.15) is 8.78 Å². The lowest BCUT2D eigenvalue weighted by Crippen LogP contribution is -2.10. The zero-order valence-electron chi connectivity index (χ0n) is 15.5. The Hall–Kier alpha value is -2.24. The number of hydrogen-bond acceptors (Lipinski definition) is 2. The number of halogens is 4. The minimum absolute atomic E-state index is 0. The van der Waals surface area contributed by atoms with E-state index >= 15 is 0 Å². The highest BCUT2D eigenvalue weighted by Gasteiger charge is 2.20. The zero-order chi connectivity index (χ0) is 19.8. The second-order valence-electron chi connectivity index (χ2n) is 6.62. The Morgan fingerprint density at radius 3 is 1.96 bits per heavy atom. The van der Waals surface area contributed by atoms with Crippen molar-refractivity contribution >= 4 is 0 Å². The van der Waals surface area contributed by atoms with Crippen molar-refractivity contribution in [2.24, 2.45) is 5.92 Å². The molecule has 0 amide bonds. The van der Waals surface area contributed by atoms with Gasteiger partial charge < -0.3 is 9.47 Å². The number of rotatable bonds is 4. The summed E-state index contributed by atoms with van der Waals surface area (Å²) in [5, 5.41) is 0. The largest absolute Gasteiger partial charge is 0.494 e. The third kappa shape index (κ3) is 5.62. The van der Waals surface area contributed by atoms with Crippen molar-refractivity contribution in [2.75, 3.05) is 14.0 Å². The average Bonchev–Trinajstić information content (AvgIpc) is 2.68. The van der Waals surface area contributed by atoms with Gasteiger partial charge in [0, 0.05) is 1.43 Å². The van der Waals surface area contributed by atoms with E-state index in [1.165, 1.54) is 50.5 Å². The van der Waals surface area contributed by atoms with Crippen LogP contribution in [0, 0.1) is 17.6 Å². The highest BCUT2D eigenvalue weighted by atomic mass is 19.3. The molecule has 1 aliphatic carbocycles. The van der Waals surface area contributed by atoms with Crippen molar-refractivity contribution in [3.63, 3.8) is 0 Å². The summed E-state index contributed by atoms with van der Waals surface area (Å²) in [5.74, 6) is -0.467. The smallest absolute Gasteiger partial charge is 0.229 e. The van der Waals surface area contributed by atoms with Gasteiger partial charge in [-0.25, -0.2) is 8.78 Å². The van der Waals surface area contributed by atoms with E-state index in [-0.39, 0.29) is 12.9 Å². The van der Waals surface area contributed by atoms with E-state index in [0.717, 1.165) is 5.92 Å². The molecular weight excluding hydrogens is 360 g/mol. The first kappa shape index (κ1) is 21.1. The van der Waals surface area contributed by atoms with Crippen molar-refractivity contribution in [3.05, 3.63) is 53.6 Å². The van der Waals surface area contributed by atoms with Crippen molar-refractivity contribution in [1.82, 2.24) is 0 Å². The van der Waals surface area contributed by atoms with Crippen molar-refractivity contribution in [2.45, 2.75) is 38.5 Å². The lowest BCUT2D eigenvalue weighted by atomic mass is 9.79. The molecular formula is C21H26F4O2. The normalized spacial score (nSPS) is 19.0. The number of benzene rings is 2. The Kier molecular flexibility index (Phi) is 7.95. The predicted octanol–water partition coefficient (Wildman–Crippen LogP) is 7.19. The van der Waals surface area contributed by atoms with Crippen LogP contribution in [0.3, 0.4) is 0 Å². The molecule has 1 fully saturated rings. The molecule has 0 N–H and O–H groups in total. The lowest BCUT2D eigenvalue weighted by Gasteiger charge is -2.26. The van der Waals surface area contributed by atoms with Crippen LogP contribution in [0.1, 0.15) is 45.5 Å². The zero-order valence-corrected chi connectivity index (χ0v) is 15.5. The molecule has 0 aromatic heterocycles. The molecule has 3 rings (SSSR count). The molecule has 0 radical (unpaired) electrons. The van der Waals surface area contributed by atoms with Crippen LogP contribution < -0.4 is 9.47 Å². The maximum Gasteiger partial charge on any atom is 0.229 e. The molecule has 2 nitrogen and oxygen atoms in total. The summed E-state index contributed by atoms with van der Waals surface area (Å²) < 4.78 is 57.2. The third-order valence-electron chi connectivity index (χ3n) is 4.83. The van der Waals surface area contributed by atoms with Crippen LogP contribution in [-0.4, -0.2) is 14.0 Å². The Labute approximate surface area is 158 Å². The maximum absolute atomic E-state index is 14.0. The summed E-state index contributed by atoms with van der Waals surface area (Å²) in [4.78, 5) is 0. The fourth-order valence-corrected chi connectivity index (χ4v) is 3.28. The van der Waals surface area contributed by atoms with E-state index in [1.807, 2.05) is 24.3 Å². The first-order valence-electron chi connectivity index (χ1n) is 8.91. The molecule has 27 heavy (non-hydrogen) atoms. The molecule has 0 spiro atoms. The Morgan fingerprint density at radius 2 is 1.41 bits per heavy atom. The van der Waals surface area contributed by atoms with E-state index in [2.05, 4.69) is 6.92 Å². The first-order valence-corrected chi connectivity index (χ1v) is 8.91. The molecule has 6 heteroatoms. The van der Waals surface area contributed by atoms with Gasteiger partial charge in [0.05, 0.1) is 7.11 Å². The second-order valence-corrected chi connectivity index (χ2v) is 6.62. The van der Waals surface area contributed by atoms with E-state index in [1.54, 1.807) is 0 Å². The van der Waals surface area contributed by atoms with E-state index in [9.17, 15) is 17.6 Å². The van der Waals surface area contributed by atoms with Crippen molar-refractivity contribution in [3.8, 4) is 17.2 Å². The fourth-order valence-electron chi connectivity index (χ4n) is 3.28. The molecule has 2 aromatic carbocycles. The standard InChI is InChI=1S/C20H22F2O2.CH2F2.H2/c1-13-3-5-14(6-4-13)15-7-9-16(10-8-15)24-18-12-11-17(23-2)19(21)20(18)22;2-1-3;/h7-14H,3-6H2,1-2H3;1H2;1H. The van der Waals surface area contributed by atoms with Crippen LogP contribution >= 0.6 is 0 Å². The average molecular weight is 386 g/mol. The minimum Gasteiger partial charge on any atom is -0.494 e. The molecule has 0 aliphatic heterocycles. The van der Waals surface area contributed by atoms with E-state index in [0.29, 0.717) is 11.7 Å². The fraction of sp³-hybridized carbons (Fsp3) is 0.429. The number of methoxy groups -OCH3 is 1. The van der Waals surface area contributed by atoms with E-state index in [4.69, 9.17) is 9.47 Å². The van der Waals surface area contributed by atoms with Gasteiger partial charge in [-0.15, -0.1) is 0 Å². The molecule has 150 valence electrons. The SMILES string of the molecule is COc1ccc(Oc2ccc(C3CCC(C)CC3)cc2)c(F)c1F.FCF.[HH]. The number of alkyl halides is 2. The third-order valence-corrected chi connectivity index (χ3v) is 4.83. The topological polar surface area (TPSA) is 18.5 Å². The molecule has 1 aliphatic rings.